The van der Waals surface area contributed by atoms with Crippen LogP contribution in [-0.2, 0) is 4.74 Å². The van der Waals surface area contributed by atoms with E-state index in [1.807, 2.05) is 12.1 Å². The fourth-order valence-electron chi connectivity index (χ4n) is 2.00. The van der Waals surface area contributed by atoms with E-state index in [0.717, 1.165) is 12.8 Å². The Hall–Kier alpha value is -1.39. The molecule has 1 atom stereocenters. The lowest BCUT2D eigenvalue weighted by Gasteiger charge is -2.24. The van der Waals surface area contributed by atoms with Crippen molar-refractivity contribution in [2.75, 3.05) is 6.61 Å². The molecule has 0 aliphatic carbocycles. The zero-order valence-corrected chi connectivity index (χ0v) is 9.87. The van der Waals surface area contributed by atoms with Crippen molar-refractivity contribution in [3.8, 4) is 0 Å². The number of hydrogen-bond acceptors (Lipinski definition) is 3. The predicted molar refractivity (Wildman–Crippen MR) is 64.5 cm³/mol. The maximum Gasteiger partial charge on any atom is 0.131 e. The minimum absolute atomic E-state index is 0.231. The van der Waals surface area contributed by atoms with Gasteiger partial charge in [0.05, 0.1) is 6.61 Å². The number of benzene rings is 1. The number of ether oxygens (including phenoxy) is 1. The van der Waals surface area contributed by atoms with E-state index in [-0.39, 0.29) is 5.82 Å². The van der Waals surface area contributed by atoms with Crippen LogP contribution >= 0.6 is 0 Å². The Kier molecular flexibility index (Phi) is 3.76. The summed E-state index contributed by atoms with van der Waals surface area (Å²) in [6.07, 6.45) is 3.91. The Morgan fingerprint density at radius 1 is 1.47 bits per heavy atom. The van der Waals surface area contributed by atoms with Crippen molar-refractivity contribution < 1.29 is 9.13 Å². The van der Waals surface area contributed by atoms with Crippen LogP contribution in [0.15, 0.2) is 30.0 Å². The number of nitrogens with one attached hydrogen (secondary N) is 1. The van der Waals surface area contributed by atoms with Gasteiger partial charge < -0.3 is 4.74 Å². The van der Waals surface area contributed by atoms with Crippen LogP contribution in [0.5, 0.6) is 0 Å². The summed E-state index contributed by atoms with van der Waals surface area (Å²) in [5, 5.41) is 0. The third-order valence-corrected chi connectivity index (χ3v) is 2.95. The summed E-state index contributed by atoms with van der Waals surface area (Å²) in [7, 11) is 0. The third-order valence-electron chi connectivity index (χ3n) is 2.95. The first-order valence-corrected chi connectivity index (χ1v) is 5.78. The number of aryl methyl sites for hydroxylation is 1. The zero-order chi connectivity index (χ0) is 12.3. The topological polar surface area (TPSA) is 47.3 Å². The standard InChI is InChI=1S/C13H17FN2O/c1-9-5-4-6-10(12(9)14)13(16-15)11-7-2-3-8-17-11/h4-7,13,16H,2-3,8,15H2,1H3. The summed E-state index contributed by atoms with van der Waals surface area (Å²) in [5.41, 5.74) is 3.76. The van der Waals surface area contributed by atoms with Gasteiger partial charge >= 0.3 is 0 Å². The first kappa shape index (κ1) is 12.1. The summed E-state index contributed by atoms with van der Waals surface area (Å²) in [5.74, 6) is 6.00. The minimum atomic E-state index is -0.407. The number of hydrogen-bond donors (Lipinski definition) is 2. The molecule has 0 spiro atoms. The van der Waals surface area contributed by atoms with Crippen LogP contribution < -0.4 is 11.3 Å². The fraction of sp³-hybridized carbons (Fsp3) is 0.385. The quantitative estimate of drug-likeness (QED) is 0.625. The van der Waals surface area contributed by atoms with Crippen molar-refractivity contribution in [3.05, 3.63) is 47.0 Å². The lowest BCUT2D eigenvalue weighted by Crippen LogP contribution is -2.31. The summed E-state index contributed by atoms with van der Waals surface area (Å²) in [6.45, 7) is 2.40. The molecule has 3 nitrogen and oxygen atoms in total. The molecule has 0 saturated carbocycles. The van der Waals surface area contributed by atoms with Crippen LogP contribution in [0.25, 0.3) is 0 Å². The highest BCUT2D eigenvalue weighted by atomic mass is 19.1. The van der Waals surface area contributed by atoms with Crippen LogP contribution in [-0.4, -0.2) is 6.61 Å². The Morgan fingerprint density at radius 3 is 2.94 bits per heavy atom. The molecule has 3 N–H and O–H groups in total. The van der Waals surface area contributed by atoms with E-state index >= 15 is 0 Å². The van der Waals surface area contributed by atoms with Crippen LogP contribution in [0.4, 0.5) is 4.39 Å². The van der Waals surface area contributed by atoms with Crippen molar-refractivity contribution >= 4 is 0 Å². The van der Waals surface area contributed by atoms with Crippen molar-refractivity contribution in [1.29, 1.82) is 0 Å². The van der Waals surface area contributed by atoms with E-state index in [1.165, 1.54) is 0 Å². The van der Waals surface area contributed by atoms with E-state index in [9.17, 15) is 4.39 Å². The molecule has 1 heterocycles. The van der Waals surface area contributed by atoms with Crippen molar-refractivity contribution in [2.24, 2.45) is 5.84 Å². The average Bonchev–Trinajstić information content (AvgIpc) is 2.37. The van der Waals surface area contributed by atoms with Gasteiger partial charge in [-0.2, -0.15) is 0 Å². The summed E-state index contributed by atoms with van der Waals surface area (Å²) in [6, 6.07) is 4.88. The van der Waals surface area contributed by atoms with Gasteiger partial charge in [-0.3, -0.25) is 5.84 Å². The Labute approximate surface area is 100 Å². The van der Waals surface area contributed by atoms with E-state index in [4.69, 9.17) is 10.6 Å². The van der Waals surface area contributed by atoms with Crippen LogP contribution in [0.3, 0.4) is 0 Å². The smallest absolute Gasteiger partial charge is 0.131 e. The van der Waals surface area contributed by atoms with Gasteiger partial charge in [0.2, 0.25) is 0 Å². The second-order valence-electron chi connectivity index (χ2n) is 4.17. The zero-order valence-electron chi connectivity index (χ0n) is 9.87. The molecule has 0 amide bonds. The van der Waals surface area contributed by atoms with Crippen LogP contribution in [0.1, 0.15) is 30.0 Å². The van der Waals surface area contributed by atoms with Gasteiger partial charge in [0, 0.05) is 5.56 Å². The Morgan fingerprint density at radius 2 is 2.29 bits per heavy atom. The molecule has 0 saturated heterocycles. The van der Waals surface area contributed by atoms with E-state index in [2.05, 4.69) is 5.43 Å². The predicted octanol–water partition coefficient (Wildman–Crippen LogP) is 2.33. The van der Waals surface area contributed by atoms with Gasteiger partial charge in [0.15, 0.2) is 0 Å². The molecule has 1 aromatic rings. The molecule has 17 heavy (non-hydrogen) atoms. The van der Waals surface area contributed by atoms with Gasteiger partial charge in [-0.25, -0.2) is 9.82 Å². The minimum Gasteiger partial charge on any atom is -0.496 e. The molecule has 1 aliphatic rings. The van der Waals surface area contributed by atoms with Gasteiger partial charge in [0.1, 0.15) is 17.6 Å². The highest BCUT2D eigenvalue weighted by Crippen LogP contribution is 2.28. The molecule has 4 heteroatoms. The molecule has 1 aliphatic heterocycles. The van der Waals surface area contributed by atoms with Crippen molar-refractivity contribution in [2.45, 2.75) is 25.8 Å². The molecule has 0 bridgehead atoms. The van der Waals surface area contributed by atoms with E-state index in [1.54, 1.807) is 19.1 Å². The van der Waals surface area contributed by atoms with Gasteiger partial charge in [0.25, 0.3) is 0 Å². The highest BCUT2D eigenvalue weighted by Gasteiger charge is 2.22. The Balaban J connectivity index is 2.34. The maximum atomic E-state index is 14.0. The van der Waals surface area contributed by atoms with Gasteiger partial charge in [-0.05, 0) is 31.4 Å². The summed E-state index contributed by atoms with van der Waals surface area (Å²) < 4.78 is 19.5. The second kappa shape index (κ2) is 5.29. The average molecular weight is 236 g/mol. The summed E-state index contributed by atoms with van der Waals surface area (Å²) in [4.78, 5) is 0. The van der Waals surface area contributed by atoms with Gasteiger partial charge in [-0.1, -0.05) is 18.2 Å². The van der Waals surface area contributed by atoms with Crippen LogP contribution in [0.2, 0.25) is 0 Å². The van der Waals surface area contributed by atoms with Crippen molar-refractivity contribution in [1.82, 2.24) is 5.43 Å². The van der Waals surface area contributed by atoms with E-state index in [0.29, 0.717) is 23.5 Å². The lowest BCUT2D eigenvalue weighted by atomic mass is 10.0. The number of hydrazine groups is 1. The molecule has 92 valence electrons. The SMILES string of the molecule is Cc1cccc(C(NN)C2=CCCCO2)c1F. The largest absolute Gasteiger partial charge is 0.496 e. The molecular formula is C13H17FN2O. The van der Waals surface area contributed by atoms with Crippen LogP contribution in [0, 0.1) is 12.7 Å². The fourth-order valence-corrected chi connectivity index (χ4v) is 2.00. The molecular weight excluding hydrogens is 219 g/mol. The lowest BCUT2D eigenvalue weighted by molar-refractivity contribution is 0.167. The molecule has 1 aromatic carbocycles. The summed E-state index contributed by atoms with van der Waals surface area (Å²) >= 11 is 0. The normalized spacial score (nSPS) is 17.2. The van der Waals surface area contributed by atoms with Gasteiger partial charge in [-0.15, -0.1) is 0 Å². The molecule has 2 rings (SSSR count). The first-order chi connectivity index (χ1) is 8.24. The van der Waals surface area contributed by atoms with Crippen molar-refractivity contribution in [3.63, 3.8) is 0 Å². The Bertz CT molecular complexity index is 431. The number of rotatable bonds is 3. The number of nitrogens with two attached hydrogens (primary N) is 1. The second-order valence-corrected chi connectivity index (χ2v) is 4.17. The number of allylic oxidation sites excluding steroid dienone is 1. The molecule has 1 unspecified atom stereocenters. The molecule has 0 radical (unpaired) electrons. The monoisotopic (exact) mass is 236 g/mol. The first-order valence-electron chi connectivity index (χ1n) is 5.78. The number of halogens is 1. The molecule has 0 fully saturated rings. The highest BCUT2D eigenvalue weighted by molar-refractivity contribution is 5.31. The molecule has 0 aromatic heterocycles. The van der Waals surface area contributed by atoms with E-state index < -0.39 is 6.04 Å². The maximum absolute atomic E-state index is 14.0. The third kappa shape index (κ3) is 2.48.